The van der Waals surface area contributed by atoms with Crippen LogP contribution in [0.3, 0.4) is 0 Å². The lowest BCUT2D eigenvalue weighted by atomic mass is 9.89. The van der Waals surface area contributed by atoms with Crippen LogP contribution < -0.4 is 4.74 Å². The summed E-state index contributed by atoms with van der Waals surface area (Å²) in [4.78, 5) is 0. The van der Waals surface area contributed by atoms with Crippen LogP contribution >= 0.6 is 0 Å². The molecule has 0 radical (unpaired) electrons. The molecule has 2 rings (SSSR count). The molecule has 2 nitrogen and oxygen atoms in total. The van der Waals surface area contributed by atoms with Gasteiger partial charge in [0.2, 0.25) is 0 Å². The normalized spacial score (nSPS) is 13.8. The average Bonchev–Trinajstić information content (AvgIpc) is 2.40. The Labute approximate surface area is 123 Å². The molecule has 0 aliphatic carbocycles. The number of aliphatic hydroxyl groups is 1. The zero-order chi connectivity index (χ0) is 15.5. The molecular formula is C17H18F2O2. The first-order valence-electron chi connectivity index (χ1n) is 6.69. The minimum Gasteiger partial charge on any atom is -0.494 e. The number of benzene rings is 2. The lowest BCUT2D eigenvalue weighted by Gasteiger charge is -2.24. The van der Waals surface area contributed by atoms with Gasteiger partial charge in [0.15, 0.2) is 11.6 Å². The highest BCUT2D eigenvalue weighted by Gasteiger charge is 2.24. The molecule has 0 heterocycles. The molecule has 0 spiro atoms. The first-order valence-corrected chi connectivity index (χ1v) is 6.69. The van der Waals surface area contributed by atoms with Gasteiger partial charge in [-0.1, -0.05) is 24.3 Å². The Morgan fingerprint density at radius 2 is 1.81 bits per heavy atom. The van der Waals surface area contributed by atoms with Crippen molar-refractivity contribution in [2.24, 2.45) is 0 Å². The standard InChI is InChI=1S/C17H18F2O2/c1-17(20,10-12-5-3-7-14(18)9-12)11-13-6-4-8-15(21-2)16(13)19/h3-9,20H,10-11H2,1-2H3. The average molecular weight is 292 g/mol. The van der Waals surface area contributed by atoms with Crippen LogP contribution in [0, 0.1) is 11.6 Å². The predicted molar refractivity (Wildman–Crippen MR) is 77.4 cm³/mol. The van der Waals surface area contributed by atoms with Crippen molar-refractivity contribution in [3.63, 3.8) is 0 Å². The molecule has 0 bridgehead atoms. The first kappa shape index (κ1) is 15.4. The third-order valence-electron chi connectivity index (χ3n) is 3.31. The number of rotatable bonds is 5. The van der Waals surface area contributed by atoms with Gasteiger partial charge in [0.05, 0.1) is 12.7 Å². The molecule has 0 aliphatic heterocycles. The van der Waals surface area contributed by atoms with Crippen molar-refractivity contribution in [3.8, 4) is 5.75 Å². The highest BCUT2D eigenvalue weighted by Crippen LogP contribution is 2.25. The van der Waals surface area contributed by atoms with Gasteiger partial charge < -0.3 is 9.84 Å². The van der Waals surface area contributed by atoms with Crippen LogP contribution in [0.4, 0.5) is 8.78 Å². The summed E-state index contributed by atoms with van der Waals surface area (Å²) in [5, 5.41) is 10.5. The quantitative estimate of drug-likeness (QED) is 0.914. The Hall–Kier alpha value is -1.94. The number of halogens is 2. The Kier molecular flexibility index (Phi) is 4.58. The third kappa shape index (κ3) is 4.02. The zero-order valence-electron chi connectivity index (χ0n) is 12.1. The molecule has 1 atom stereocenters. The zero-order valence-corrected chi connectivity index (χ0v) is 12.1. The SMILES string of the molecule is COc1cccc(CC(C)(O)Cc2cccc(F)c2)c1F. The molecule has 0 aromatic heterocycles. The summed E-state index contributed by atoms with van der Waals surface area (Å²) < 4.78 is 32.2. The van der Waals surface area contributed by atoms with Gasteiger partial charge in [-0.2, -0.15) is 0 Å². The number of ether oxygens (including phenoxy) is 1. The van der Waals surface area contributed by atoms with E-state index in [0.29, 0.717) is 11.1 Å². The van der Waals surface area contributed by atoms with E-state index in [2.05, 4.69) is 0 Å². The molecule has 2 aromatic rings. The maximum absolute atomic E-state index is 14.1. The summed E-state index contributed by atoms with van der Waals surface area (Å²) in [5.41, 5.74) is -0.139. The second-order valence-corrected chi connectivity index (χ2v) is 5.41. The van der Waals surface area contributed by atoms with Crippen molar-refractivity contribution < 1.29 is 18.6 Å². The van der Waals surface area contributed by atoms with Crippen LogP contribution in [0.25, 0.3) is 0 Å². The molecule has 0 fully saturated rings. The lowest BCUT2D eigenvalue weighted by molar-refractivity contribution is 0.0598. The summed E-state index contributed by atoms with van der Waals surface area (Å²) >= 11 is 0. The van der Waals surface area contributed by atoms with Crippen molar-refractivity contribution in [1.29, 1.82) is 0 Å². The van der Waals surface area contributed by atoms with Gasteiger partial charge in [-0.05, 0) is 36.2 Å². The summed E-state index contributed by atoms with van der Waals surface area (Å²) in [5.74, 6) is -0.676. The highest BCUT2D eigenvalue weighted by atomic mass is 19.1. The van der Waals surface area contributed by atoms with Crippen molar-refractivity contribution in [2.45, 2.75) is 25.4 Å². The Bertz CT molecular complexity index is 624. The molecule has 21 heavy (non-hydrogen) atoms. The van der Waals surface area contributed by atoms with Crippen LogP contribution in [-0.4, -0.2) is 17.8 Å². The lowest BCUT2D eigenvalue weighted by Crippen LogP contribution is -2.30. The highest BCUT2D eigenvalue weighted by molar-refractivity contribution is 5.32. The van der Waals surface area contributed by atoms with Crippen molar-refractivity contribution >= 4 is 0 Å². The van der Waals surface area contributed by atoms with E-state index in [9.17, 15) is 13.9 Å². The monoisotopic (exact) mass is 292 g/mol. The van der Waals surface area contributed by atoms with E-state index < -0.39 is 11.4 Å². The second kappa shape index (κ2) is 6.22. The van der Waals surface area contributed by atoms with Crippen molar-refractivity contribution in [3.05, 3.63) is 65.2 Å². The molecule has 112 valence electrons. The molecule has 0 aliphatic rings. The minimum atomic E-state index is -1.18. The summed E-state index contributed by atoms with van der Waals surface area (Å²) in [6.07, 6.45) is 0.355. The van der Waals surface area contributed by atoms with Crippen LogP contribution in [0.15, 0.2) is 42.5 Å². The van der Waals surface area contributed by atoms with Gasteiger partial charge in [0.25, 0.3) is 0 Å². The predicted octanol–water partition coefficient (Wildman–Crippen LogP) is 3.51. The maximum atomic E-state index is 14.1. The number of methoxy groups -OCH3 is 1. The van der Waals surface area contributed by atoms with Crippen LogP contribution in [0.5, 0.6) is 5.75 Å². The fourth-order valence-electron chi connectivity index (χ4n) is 2.41. The van der Waals surface area contributed by atoms with Gasteiger partial charge in [0, 0.05) is 12.8 Å². The van der Waals surface area contributed by atoms with Crippen molar-refractivity contribution in [1.82, 2.24) is 0 Å². The van der Waals surface area contributed by atoms with Crippen molar-refractivity contribution in [2.75, 3.05) is 7.11 Å². The van der Waals surface area contributed by atoms with E-state index in [1.807, 2.05) is 0 Å². The third-order valence-corrected chi connectivity index (χ3v) is 3.31. The summed E-state index contributed by atoms with van der Waals surface area (Å²) in [6, 6.07) is 10.9. The van der Waals surface area contributed by atoms with Gasteiger partial charge in [-0.25, -0.2) is 8.78 Å². The molecule has 2 aromatic carbocycles. The molecule has 0 saturated carbocycles. The van der Waals surface area contributed by atoms with Gasteiger partial charge >= 0.3 is 0 Å². The Morgan fingerprint density at radius 1 is 1.10 bits per heavy atom. The molecular weight excluding hydrogens is 274 g/mol. The van der Waals surface area contributed by atoms with E-state index >= 15 is 0 Å². The maximum Gasteiger partial charge on any atom is 0.168 e. The molecule has 0 saturated heterocycles. The van der Waals surface area contributed by atoms with E-state index in [4.69, 9.17) is 4.74 Å². The number of hydrogen-bond acceptors (Lipinski definition) is 2. The largest absolute Gasteiger partial charge is 0.494 e. The van der Waals surface area contributed by atoms with Gasteiger partial charge in [-0.15, -0.1) is 0 Å². The Morgan fingerprint density at radius 3 is 2.48 bits per heavy atom. The summed E-state index contributed by atoms with van der Waals surface area (Å²) in [6.45, 7) is 1.61. The topological polar surface area (TPSA) is 29.5 Å². The smallest absolute Gasteiger partial charge is 0.168 e. The molecule has 1 N–H and O–H groups in total. The van der Waals surface area contributed by atoms with Crippen LogP contribution in [-0.2, 0) is 12.8 Å². The summed E-state index contributed by atoms with van der Waals surface area (Å²) in [7, 11) is 1.40. The molecule has 4 heteroatoms. The van der Waals surface area contributed by atoms with E-state index in [1.165, 1.54) is 25.3 Å². The van der Waals surface area contributed by atoms with Gasteiger partial charge in [-0.3, -0.25) is 0 Å². The van der Waals surface area contributed by atoms with E-state index in [0.717, 1.165) is 0 Å². The molecule has 0 amide bonds. The fraction of sp³-hybridized carbons (Fsp3) is 0.294. The van der Waals surface area contributed by atoms with Gasteiger partial charge in [0.1, 0.15) is 5.82 Å². The van der Waals surface area contributed by atoms with Crippen LogP contribution in [0.1, 0.15) is 18.1 Å². The fourth-order valence-corrected chi connectivity index (χ4v) is 2.41. The number of hydrogen-bond donors (Lipinski definition) is 1. The second-order valence-electron chi connectivity index (χ2n) is 5.41. The van der Waals surface area contributed by atoms with Crippen LogP contribution in [0.2, 0.25) is 0 Å². The van der Waals surface area contributed by atoms with E-state index in [1.54, 1.807) is 31.2 Å². The minimum absolute atomic E-state index is 0.118. The molecule has 1 unspecified atom stereocenters. The van der Waals surface area contributed by atoms with E-state index in [-0.39, 0.29) is 24.4 Å². The first-order chi connectivity index (χ1) is 9.91. The Balaban J connectivity index is 2.17.